The van der Waals surface area contributed by atoms with E-state index in [0.717, 1.165) is 43.4 Å². The van der Waals surface area contributed by atoms with Crippen molar-refractivity contribution >= 4 is 34.5 Å². The fourth-order valence-electron chi connectivity index (χ4n) is 2.69. The van der Waals surface area contributed by atoms with Crippen molar-refractivity contribution in [3.05, 3.63) is 46.9 Å². The number of hydrogen-bond donors (Lipinski definition) is 1. The summed E-state index contributed by atoms with van der Waals surface area (Å²) in [5.74, 6) is 0. The molecule has 0 aliphatic heterocycles. The molecular formula is C19H23N3S. The lowest BCUT2D eigenvalue weighted by molar-refractivity contribution is 0.745. The normalized spacial score (nSPS) is 11.5. The number of nitrogens with two attached hydrogens (primary N) is 1. The molecule has 0 saturated carbocycles. The highest BCUT2D eigenvalue weighted by Crippen LogP contribution is 2.25. The number of rotatable bonds is 7. The molecule has 2 rings (SSSR count). The minimum Gasteiger partial charge on any atom is -0.372 e. The van der Waals surface area contributed by atoms with Gasteiger partial charge in [0.1, 0.15) is 11.0 Å². The summed E-state index contributed by atoms with van der Waals surface area (Å²) >= 11 is 0.981. The van der Waals surface area contributed by atoms with Crippen LogP contribution in [-0.2, 0) is 0 Å². The van der Waals surface area contributed by atoms with E-state index >= 15 is 0 Å². The highest BCUT2D eigenvalue weighted by Gasteiger charge is 2.06. The summed E-state index contributed by atoms with van der Waals surface area (Å²) in [6.07, 6.45) is 4.11. The second-order valence-electron chi connectivity index (χ2n) is 5.52. The van der Waals surface area contributed by atoms with Crippen molar-refractivity contribution in [3.8, 4) is 6.07 Å². The zero-order chi connectivity index (χ0) is 16.7. The standard InChI is InChI=1S/C19H23N3S/c1-3-9-22(10-4-2)18-8-7-16-11-15(5-6-17(16)13-18)12-19(14-20)23-21/h5-8,11-13H,3-4,9-10,21H2,1-2H3/b19-12+. The fraction of sp³-hybridized carbons (Fsp3) is 0.316. The third-order valence-corrected chi connectivity index (χ3v) is 4.20. The number of benzene rings is 2. The molecule has 23 heavy (non-hydrogen) atoms. The van der Waals surface area contributed by atoms with Crippen molar-refractivity contribution in [2.24, 2.45) is 5.14 Å². The van der Waals surface area contributed by atoms with E-state index in [2.05, 4.69) is 55.1 Å². The van der Waals surface area contributed by atoms with Crippen LogP contribution in [-0.4, -0.2) is 13.1 Å². The third kappa shape index (κ3) is 4.51. The average molecular weight is 325 g/mol. The van der Waals surface area contributed by atoms with Crippen LogP contribution in [0.4, 0.5) is 5.69 Å². The Bertz CT molecular complexity index is 725. The van der Waals surface area contributed by atoms with E-state index in [-0.39, 0.29) is 0 Å². The molecule has 0 fully saturated rings. The van der Waals surface area contributed by atoms with Gasteiger partial charge in [-0.3, -0.25) is 5.14 Å². The van der Waals surface area contributed by atoms with E-state index in [9.17, 15) is 0 Å². The quantitative estimate of drug-likeness (QED) is 0.579. The van der Waals surface area contributed by atoms with Crippen LogP contribution in [0.1, 0.15) is 32.3 Å². The average Bonchev–Trinajstić information content (AvgIpc) is 2.59. The summed E-state index contributed by atoms with van der Waals surface area (Å²) in [5, 5.41) is 16.8. The summed E-state index contributed by atoms with van der Waals surface area (Å²) in [5.41, 5.74) is 2.28. The Kier molecular flexibility index (Phi) is 6.52. The molecule has 0 spiro atoms. The first-order chi connectivity index (χ1) is 11.2. The van der Waals surface area contributed by atoms with Crippen molar-refractivity contribution in [1.29, 1.82) is 5.26 Å². The van der Waals surface area contributed by atoms with Crippen LogP contribution in [0, 0.1) is 11.3 Å². The molecule has 3 nitrogen and oxygen atoms in total. The molecule has 0 aliphatic rings. The van der Waals surface area contributed by atoms with Gasteiger partial charge < -0.3 is 4.90 Å². The lowest BCUT2D eigenvalue weighted by Crippen LogP contribution is -2.24. The van der Waals surface area contributed by atoms with Gasteiger partial charge in [0.25, 0.3) is 0 Å². The van der Waals surface area contributed by atoms with Crippen LogP contribution in [0.15, 0.2) is 41.3 Å². The van der Waals surface area contributed by atoms with Crippen molar-refractivity contribution in [2.45, 2.75) is 26.7 Å². The molecule has 2 aromatic rings. The Labute approximate surface area is 142 Å². The van der Waals surface area contributed by atoms with Crippen LogP contribution < -0.4 is 10.0 Å². The van der Waals surface area contributed by atoms with E-state index in [1.54, 1.807) is 0 Å². The van der Waals surface area contributed by atoms with Gasteiger partial charge in [0.15, 0.2) is 0 Å². The number of nitriles is 1. The number of fused-ring (bicyclic) bond motifs is 1. The summed E-state index contributed by atoms with van der Waals surface area (Å²) in [7, 11) is 0. The topological polar surface area (TPSA) is 53.0 Å². The predicted octanol–water partition coefficient (Wildman–Crippen LogP) is 4.94. The molecule has 0 atom stereocenters. The van der Waals surface area contributed by atoms with Gasteiger partial charge in [0.05, 0.1) is 0 Å². The first-order valence-electron chi connectivity index (χ1n) is 7.99. The third-order valence-electron chi connectivity index (χ3n) is 3.73. The number of hydrogen-bond acceptors (Lipinski definition) is 4. The molecule has 0 aliphatic carbocycles. The Hall–Kier alpha value is -1.96. The van der Waals surface area contributed by atoms with E-state index in [0.29, 0.717) is 4.91 Å². The summed E-state index contributed by atoms with van der Waals surface area (Å²) in [6, 6.07) is 14.9. The molecule has 2 aromatic carbocycles. The molecule has 0 heterocycles. The van der Waals surface area contributed by atoms with Crippen LogP contribution >= 0.6 is 11.9 Å². The van der Waals surface area contributed by atoms with Crippen molar-refractivity contribution in [1.82, 2.24) is 0 Å². The zero-order valence-corrected chi connectivity index (χ0v) is 14.6. The summed E-state index contributed by atoms with van der Waals surface area (Å²) in [6.45, 7) is 6.59. The van der Waals surface area contributed by atoms with Gasteiger partial charge in [-0.25, -0.2) is 0 Å². The Morgan fingerprint density at radius 1 is 1.13 bits per heavy atom. The maximum absolute atomic E-state index is 8.97. The molecule has 0 bridgehead atoms. The van der Waals surface area contributed by atoms with Crippen molar-refractivity contribution < 1.29 is 0 Å². The smallest absolute Gasteiger partial charge is 0.107 e. The zero-order valence-electron chi connectivity index (χ0n) is 13.7. The van der Waals surface area contributed by atoms with Gasteiger partial charge in [-0.15, -0.1) is 0 Å². The lowest BCUT2D eigenvalue weighted by Gasteiger charge is -2.24. The van der Waals surface area contributed by atoms with Crippen molar-refractivity contribution in [3.63, 3.8) is 0 Å². The van der Waals surface area contributed by atoms with E-state index in [1.165, 1.54) is 16.5 Å². The SMILES string of the molecule is CCCN(CCC)c1ccc2cc(/C=C(\C#N)SN)ccc2c1. The Balaban J connectivity index is 2.35. The van der Waals surface area contributed by atoms with Crippen LogP contribution in [0.3, 0.4) is 0 Å². The molecule has 2 N–H and O–H groups in total. The molecule has 4 heteroatoms. The second-order valence-corrected chi connectivity index (χ2v) is 6.19. The minimum absolute atomic E-state index is 0.512. The number of allylic oxidation sites excluding steroid dienone is 1. The van der Waals surface area contributed by atoms with Crippen molar-refractivity contribution in [2.75, 3.05) is 18.0 Å². The second kappa shape index (κ2) is 8.61. The molecule has 120 valence electrons. The van der Waals surface area contributed by atoms with E-state index in [4.69, 9.17) is 10.4 Å². The number of nitrogens with zero attached hydrogens (tertiary/aromatic N) is 2. The van der Waals surface area contributed by atoms with Crippen LogP contribution in [0.2, 0.25) is 0 Å². The fourth-order valence-corrected chi connectivity index (χ4v) is 2.95. The highest BCUT2D eigenvalue weighted by atomic mass is 32.2. The summed E-state index contributed by atoms with van der Waals surface area (Å²) in [4.78, 5) is 2.95. The maximum Gasteiger partial charge on any atom is 0.107 e. The first kappa shape index (κ1) is 17.4. The predicted molar refractivity (Wildman–Crippen MR) is 102 cm³/mol. The minimum atomic E-state index is 0.512. The first-order valence-corrected chi connectivity index (χ1v) is 8.87. The van der Waals surface area contributed by atoms with Gasteiger partial charge in [-0.05, 0) is 65.4 Å². The molecular weight excluding hydrogens is 302 g/mol. The van der Waals surface area contributed by atoms with Gasteiger partial charge in [-0.1, -0.05) is 32.0 Å². The van der Waals surface area contributed by atoms with Crippen LogP contribution in [0.5, 0.6) is 0 Å². The highest BCUT2D eigenvalue weighted by molar-refractivity contribution is 8.01. The van der Waals surface area contributed by atoms with Gasteiger partial charge in [0.2, 0.25) is 0 Å². The molecule has 0 unspecified atom stereocenters. The summed E-state index contributed by atoms with van der Waals surface area (Å²) < 4.78 is 0. The maximum atomic E-state index is 8.97. The Morgan fingerprint density at radius 2 is 1.78 bits per heavy atom. The van der Waals surface area contributed by atoms with Gasteiger partial charge in [0, 0.05) is 18.8 Å². The molecule has 0 amide bonds. The molecule has 0 radical (unpaired) electrons. The van der Waals surface area contributed by atoms with E-state index < -0.39 is 0 Å². The lowest BCUT2D eigenvalue weighted by atomic mass is 10.1. The Morgan fingerprint density at radius 3 is 2.39 bits per heavy atom. The van der Waals surface area contributed by atoms with E-state index in [1.807, 2.05) is 12.1 Å². The molecule has 0 aromatic heterocycles. The largest absolute Gasteiger partial charge is 0.372 e. The monoisotopic (exact) mass is 325 g/mol. The van der Waals surface area contributed by atoms with Crippen LogP contribution in [0.25, 0.3) is 16.8 Å². The van der Waals surface area contributed by atoms with Gasteiger partial charge in [-0.2, -0.15) is 5.26 Å². The van der Waals surface area contributed by atoms with Gasteiger partial charge >= 0.3 is 0 Å². The number of anilines is 1. The molecule has 0 saturated heterocycles.